The lowest BCUT2D eigenvalue weighted by atomic mass is 10.1. The third-order valence-corrected chi connectivity index (χ3v) is 5.51. The van der Waals surface area contributed by atoms with E-state index in [2.05, 4.69) is 82.3 Å². The zero-order chi connectivity index (χ0) is 18.5. The number of rotatable bonds is 6. The number of pyridine rings is 1. The number of imidazole rings is 1. The second-order valence-corrected chi connectivity index (χ2v) is 7.99. The molecule has 0 unspecified atom stereocenters. The van der Waals surface area contributed by atoms with Gasteiger partial charge in [-0.1, -0.05) is 43.0 Å². The molecule has 136 valence electrons. The molecule has 0 aliphatic carbocycles. The van der Waals surface area contributed by atoms with E-state index in [0.717, 1.165) is 5.75 Å². The molecule has 2 aromatic heterocycles. The summed E-state index contributed by atoms with van der Waals surface area (Å²) in [4.78, 5) is 1.29. The van der Waals surface area contributed by atoms with Crippen LogP contribution >= 0.6 is 23.5 Å². The molecule has 0 radical (unpaired) electrons. The summed E-state index contributed by atoms with van der Waals surface area (Å²) < 4.78 is 4.42. The fraction of sp³-hybridized carbons (Fsp3) is 0.263. The van der Waals surface area contributed by atoms with Crippen LogP contribution in [-0.4, -0.2) is 21.7 Å². The van der Waals surface area contributed by atoms with Crippen LogP contribution in [-0.2, 0) is 13.6 Å². The number of benzene rings is 1. The van der Waals surface area contributed by atoms with E-state index in [1.807, 2.05) is 18.0 Å². The third-order valence-electron chi connectivity index (χ3n) is 4.14. The van der Waals surface area contributed by atoms with Gasteiger partial charge in [-0.2, -0.15) is 5.10 Å². The number of thioether (sulfide) groups is 2. The van der Waals surface area contributed by atoms with Gasteiger partial charge in [-0.25, -0.2) is 8.97 Å². The molecule has 0 fully saturated rings. The van der Waals surface area contributed by atoms with Crippen LogP contribution < -0.4 is 15.6 Å². The number of hydrogen-bond donors (Lipinski definition) is 2. The van der Waals surface area contributed by atoms with Crippen LogP contribution in [0, 0.1) is 0 Å². The molecule has 3 aromatic rings. The first-order valence-electron chi connectivity index (χ1n) is 8.45. The first-order valence-corrected chi connectivity index (χ1v) is 10.7. The van der Waals surface area contributed by atoms with Crippen molar-refractivity contribution in [3.63, 3.8) is 0 Å². The maximum absolute atomic E-state index is 5.66. The summed E-state index contributed by atoms with van der Waals surface area (Å²) in [5.41, 5.74) is 13.4. The highest BCUT2D eigenvalue weighted by Gasteiger charge is 2.16. The van der Waals surface area contributed by atoms with Crippen molar-refractivity contribution in [3.8, 4) is 11.3 Å². The Balaban J connectivity index is 1.81. The predicted molar refractivity (Wildman–Crippen MR) is 112 cm³/mol. The van der Waals surface area contributed by atoms with E-state index in [0.29, 0.717) is 11.7 Å². The number of hydrogen-bond acceptors (Lipinski definition) is 4. The van der Waals surface area contributed by atoms with Gasteiger partial charge in [-0.3, -0.25) is 0 Å². The number of hydrazone groups is 1. The summed E-state index contributed by atoms with van der Waals surface area (Å²) in [7, 11) is 2.10. The van der Waals surface area contributed by atoms with Crippen LogP contribution in [0.5, 0.6) is 0 Å². The van der Waals surface area contributed by atoms with Gasteiger partial charge in [0, 0.05) is 16.5 Å². The molecule has 0 saturated heterocycles. The molecule has 26 heavy (non-hydrogen) atoms. The van der Waals surface area contributed by atoms with Crippen LogP contribution in [0.4, 0.5) is 0 Å². The van der Waals surface area contributed by atoms with E-state index < -0.39 is 0 Å². The van der Waals surface area contributed by atoms with Crippen molar-refractivity contribution in [1.82, 2.24) is 9.99 Å². The molecule has 3 rings (SSSR count). The summed E-state index contributed by atoms with van der Waals surface area (Å²) >= 11 is 3.28. The average molecular weight is 387 g/mol. The van der Waals surface area contributed by atoms with Gasteiger partial charge in [-0.15, -0.1) is 11.8 Å². The van der Waals surface area contributed by atoms with Gasteiger partial charge in [0.05, 0.1) is 13.6 Å². The lowest BCUT2D eigenvalue weighted by molar-refractivity contribution is -0.512. The van der Waals surface area contributed by atoms with E-state index in [1.165, 1.54) is 39.1 Å². The van der Waals surface area contributed by atoms with E-state index in [9.17, 15) is 0 Å². The second kappa shape index (κ2) is 8.51. The molecule has 0 atom stereocenters. The molecule has 0 bridgehead atoms. The Hall–Kier alpha value is -2.12. The Labute approximate surface area is 162 Å². The van der Waals surface area contributed by atoms with E-state index in [4.69, 9.17) is 5.73 Å². The van der Waals surface area contributed by atoms with Crippen molar-refractivity contribution >= 4 is 34.3 Å². The van der Waals surface area contributed by atoms with Crippen molar-refractivity contribution < 1.29 is 4.40 Å². The number of amidine groups is 1. The molecule has 3 N–H and O–H groups in total. The summed E-state index contributed by atoms with van der Waals surface area (Å²) in [6, 6.07) is 12.9. The van der Waals surface area contributed by atoms with Crippen molar-refractivity contribution in [1.29, 1.82) is 0 Å². The van der Waals surface area contributed by atoms with E-state index in [-0.39, 0.29) is 0 Å². The summed E-state index contributed by atoms with van der Waals surface area (Å²) in [5, 5.41) is 4.62. The summed E-state index contributed by atoms with van der Waals surface area (Å²) in [6.07, 6.45) is 6.28. The smallest absolute Gasteiger partial charge is 0.286 e. The molecule has 5 nitrogen and oxygen atoms in total. The van der Waals surface area contributed by atoms with Crippen LogP contribution in [0.15, 0.2) is 58.8 Å². The molecule has 1 aromatic carbocycles. The summed E-state index contributed by atoms with van der Waals surface area (Å²) in [6.45, 7) is 2.83. The molecule has 0 amide bonds. The molecule has 0 aliphatic rings. The normalized spacial score (nSPS) is 11.9. The Kier molecular flexibility index (Phi) is 6.11. The molecule has 0 aliphatic heterocycles. The minimum atomic E-state index is 0.537. The maximum Gasteiger partial charge on any atom is 0.286 e. The van der Waals surface area contributed by atoms with Crippen LogP contribution in [0.2, 0.25) is 0 Å². The third kappa shape index (κ3) is 4.16. The highest BCUT2D eigenvalue weighted by atomic mass is 32.2. The van der Waals surface area contributed by atoms with Crippen LogP contribution in [0.3, 0.4) is 0 Å². The predicted octanol–water partition coefficient (Wildman–Crippen LogP) is 3.23. The number of nitrogens with zero attached hydrogens (tertiary/aromatic N) is 3. The second-order valence-electron chi connectivity index (χ2n) is 5.82. The minimum Gasteiger partial charge on any atom is -0.377 e. The Morgan fingerprint density at radius 1 is 1.19 bits per heavy atom. The lowest BCUT2D eigenvalue weighted by Crippen LogP contribution is -2.18. The molecular formula is C19H24N5S2+. The quantitative estimate of drug-likeness (QED) is 0.225. The number of nitrogens with one attached hydrogen (secondary N) is 1. The Morgan fingerprint density at radius 3 is 2.65 bits per heavy atom. The average Bonchev–Trinajstić information content (AvgIpc) is 2.98. The molecule has 0 spiro atoms. The number of aromatic nitrogens is 2. The topological polar surface area (TPSA) is 59.4 Å². The fourth-order valence-electron chi connectivity index (χ4n) is 2.79. The molecule has 2 heterocycles. The first kappa shape index (κ1) is 18.7. The zero-order valence-electron chi connectivity index (χ0n) is 15.3. The van der Waals surface area contributed by atoms with Gasteiger partial charge in [0.1, 0.15) is 12.4 Å². The molecule has 7 heteroatoms. The maximum atomic E-state index is 5.66. The Morgan fingerprint density at radius 2 is 1.96 bits per heavy atom. The van der Waals surface area contributed by atoms with Crippen molar-refractivity contribution in [2.75, 3.05) is 12.0 Å². The van der Waals surface area contributed by atoms with Gasteiger partial charge in [0.25, 0.3) is 5.65 Å². The van der Waals surface area contributed by atoms with Crippen LogP contribution in [0.25, 0.3) is 16.9 Å². The molecular weight excluding hydrogens is 362 g/mol. The van der Waals surface area contributed by atoms with Gasteiger partial charge in [0.2, 0.25) is 0 Å². The zero-order valence-corrected chi connectivity index (χ0v) is 16.9. The van der Waals surface area contributed by atoms with Crippen molar-refractivity contribution in [2.24, 2.45) is 17.9 Å². The first-order chi connectivity index (χ1) is 12.6. The highest BCUT2D eigenvalue weighted by Crippen LogP contribution is 2.22. The van der Waals surface area contributed by atoms with Gasteiger partial charge in [-0.05, 0) is 23.6 Å². The monoisotopic (exact) mass is 386 g/mol. The number of aryl methyl sites for hydroxylation is 1. The van der Waals surface area contributed by atoms with E-state index >= 15 is 0 Å². The van der Waals surface area contributed by atoms with Crippen molar-refractivity contribution in [2.45, 2.75) is 18.4 Å². The number of nitrogens with two attached hydrogens (primary N) is 1. The minimum absolute atomic E-state index is 0.537. The van der Waals surface area contributed by atoms with Gasteiger partial charge < -0.3 is 11.2 Å². The molecule has 0 saturated carbocycles. The largest absolute Gasteiger partial charge is 0.377 e. The summed E-state index contributed by atoms with van der Waals surface area (Å²) in [5.74, 6) is 1.08. The Bertz CT molecular complexity index is 916. The van der Waals surface area contributed by atoms with E-state index in [1.54, 1.807) is 0 Å². The lowest BCUT2D eigenvalue weighted by Gasteiger charge is -2.03. The SMILES string of the molecule is CCSc1ccc2n(C)c(-c3ccc(CNN=C(N)SC)cc3)c[n+]2c1. The van der Waals surface area contributed by atoms with Crippen molar-refractivity contribution in [3.05, 3.63) is 54.4 Å². The highest BCUT2D eigenvalue weighted by molar-refractivity contribution is 8.13. The fourth-order valence-corrected chi connectivity index (χ4v) is 3.63. The van der Waals surface area contributed by atoms with Gasteiger partial charge >= 0.3 is 0 Å². The van der Waals surface area contributed by atoms with Crippen LogP contribution in [0.1, 0.15) is 12.5 Å². The standard InChI is InChI=1S/C19H24N5S2/c1-4-26-16-9-10-18-23(2)17(13-24(18)12-16)15-7-5-14(6-8-15)11-21-22-19(20)25-3/h5-10,12-13,21H,4,11H2,1-3H3,(H2,20,22)/q+1. The van der Waals surface area contributed by atoms with Gasteiger partial charge in [0.15, 0.2) is 10.9 Å². The number of fused-ring (bicyclic) bond motifs is 1.